The summed E-state index contributed by atoms with van der Waals surface area (Å²) in [6.07, 6.45) is 3.96. The third-order valence-electron chi connectivity index (χ3n) is 4.19. The Morgan fingerprint density at radius 3 is 1.94 bits per heavy atom. The van der Waals surface area contributed by atoms with E-state index >= 15 is 0 Å². The summed E-state index contributed by atoms with van der Waals surface area (Å²) in [6, 6.07) is 0. The molecule has 0 radical (unpaired) electrons. The molecule has 106 valence electrons. The molecule has 0 aromatic carbocycles. The molecule has 0 saturated carbocycles. The van der Waals surface area contributed by atoms with Crippen LogP contribution in [0.4, 0.5) is 0 Å². The van der Waals surface area contributed by atoms with Crippen LogP contribution in [0.3, 0.4) is 0 Å². The molecular weight excluding hydrogens is 224 g/mol. The van der Waals surface area contributed by atoms with Crippen molar-refractivity contribution in [3.05, 3.63) is 0 Å². The third kappa shape index (κ3) is 5.22. The normalized spacial score (nSPS) is 33.8. The van der Waals surface area contributed by atoms with Gasteiger partial charge in [-0.25, -0.2) is 0 Å². The van der Waals surface area contributed by atoms with Crippen molar-refractivity contribution in [1.29, 1.82) is 0 Å². The maximum Gasteiger partial charge on any atom is 0.0109 e. The van der Waals surface area contributed by atoms with Gasteiger partial charge in [-0.2, -0.15) is 0 Å². The average Bonchev–Trinajstić information content (AvgIpc) is 2.59. The van der Waals surface area contributed by atoms with E-state index in [9.17, 15) is 0 Å². The van der Waals surface area contributed by atoms with Gasteiger partial charge in [0.15, 0.2) is 0 Å². The van der Waals surface area contributed by atoms with Crippen LogP contribution in [0.15, 0.2) is 0 Å². The zero-order valence-electron chi connectivity index (χ0n) is 12.0. The highest BCUT2D eigenvalue weighted by Gasteiger charge is 2.14. The molecule has 0 aliphatic carbocycles. The maximum absolute atomic E-state index is 3.56. The summed E-state index contributed by atoms with van der Waals surface area (Å²) < 4.78 is 0. The molecule has 2 fully saturated rings. The molecular formula is C14H30N4. The van der Waals surface area contributed by atoms with Crippen LogP contribution in [-0.2, 0) is 0 Å². The molecule has 2 saturated heterocycles. The van der Waals surface area contributed by atoms with Crippen molar-refractivity contribution in [2.75, 3.05) is 72.5 Å². The second kappa shape index (κ2) is 8.10. The molecule has 4 nitrogen and oxygen atoms in total. The first-order valence-corrected chi connectivity index (χ1v) is 7.68. The Labute approximate surface area is 112 Å². The molecule has 0 amide bonds. The van der Waals surface area contributed by atoms with E-state index in [4.69, 9.17) is 0 Å². The van der Waals surface area contributed by atoms with Crippen LogP contribution < -0.4 is 5.32 Å². The first-order chi connectivity index (χ1) is 8.84. The summed E-state index contributed by atoms with van der Waals surface area (Å²) in [6.45, 7) is 12.4. The van der Waals surface area contributed by atoms with E-state index in [-0.39, 0.29) is 0 Å². The first-order valence-electron chi connectivity index (χ1n) is 7.68. The second-order valence-corrected chi connectivity index (χ2v) is 5.80. The van der Waals surface area contributed by atoms with E-state index in [1.807, 2.05) is 0 Å². The van der Waals surface area contributed by atoms with Crippen LogP contribution >= 0.6 is 0 Å². The average molecular weight is 254 g/mol. The summed E-state index contributed by atoms with van der Waals surface area (Å²) in [5, 5.41) is 3.56. The van der Waals surface area contributed by atoms with Crippen molar-refractivity contribution >= 4 is 0 Å². The Kier molecular flexibility index (Phi) is 6.41. The molecule has 2 rings (SSSR count). The monoisotopic (exact) mass is 254 g/mol. The zero-order valence-corrected chi connectivity index (χ0v) is 12.0. The summed E-state index contributed by atoms with van der Waals surface area (Å²) in [5.74, 6) is 0. The lowest BCUT2D eigenvalue weighted by atomic mass is 10.3. The van der Waals surface area contributed by atoms with Gasteiger partial charge in [-0.1, -0.05) is 0 Å². The Balaban J connectivity index is 1.81. The predicted octanol–water partition coefficient (Wildman–Crippen LogP) is 0.309. The SMILES string of the molecule is CN1CCCN2CCCN(CCCNCC1)CC2. The number of hydrogen-bond donors (Lipinski definition) is 1. The summed E-state index contributed by atoms with van der Waals surface area (Å²) in [7, 11) is 2.25. The maximum atomic E-state index is 3.56. The molecule has 2 bridgehead atoms. The van der Waals surface area contributed by atoms with Gasteiger partial charge in [0.25, 0.3) is 0 Å². The van der Waals surface area contributed by atoms with Crippen molar-refractivity contribution in [3.63, 3.8) is 0 Å². The molecule has 4 heteroatoms. The second-order valence-electron chi connectivity index (χ2n) is 5.80. The van der Waals surface area contributed by atoms with Crippen LogP contribution in [0.1, 0.15) is 19.3 Å². The molecule has 2 aliphatic heterocycles. The Bertz CT molecular complexity index is 222. The minimum Gasteiger partial charge on any atom is -0.315 e. The summed E-state index contributed by atoms with van der Waals surface area (Å²) in [5.41, 5.74) is 0. The van der Waals surface area contributed by atoms with Gasteiger partial charge in [0.2, 0.25) is 0 Å². The van der Waals surface area contributed by atoms with E-state index in [0.29, 0.717) is 0 Å². The highest BCUT2D eigenvalue weighted by molar-refractivity contribution is 4.71. The van der Waals surface area contributed by atoms with Gasteiger partial charge in [-0.3, -0.25) is 0 Å². The zero-order chi connectivity index (χ0) is 12.6. The molecule has 0 aromatic rings. The molecule has 2 heterocycles. The van der Waals surface area contributed by atoms with Crippen molar-refractivity contribution in [2.45, 2.75) is 19.3 Å². The number of fused-ring (bicyclic) bond motifs is 3. The number of likely N-dealkylation sites (N-methyl/N-ethyl adjacent to an activating group) is 1. The van der Waals surface area contributed by atoms with Gasteiger partial charge in [0.05, 0.1) is 0 Å². The molecule has 0 aromatic heterocycles. The fourth-order valence-electron chi connectivity index (χ4n) is 2.97. The standard InChI is InChI=1S/C14H30N4/c1-16-7-3-9-18-11-4-10-17(13-14-18)8-2-5-15-6-12-16/h15H,2-14H2,1H3. The molecule has 0 spiro atoms. The Morgan fingerprint density at radius 1 is 0.611 bits per heavy atom. The number of rotatable bonds is 0. The largest absolute Gasteiger partial charge is 0.315 e. The van der Waals surface area contributed by atoms with Crippen LogP contribution in [0, 0.1) is 0 Å². The third-order valence-corrected chi connectivity index (χ3v) is 4.19. The van der Waals surface area contributed by atoms with Gasteiger partial charge in [-0.15, -0.1) is 0 Å². The number of hydrogen-bond acceptors (Lipinski definition) is 4. The predicted molar refractivity (Wildman–Crippen MR) is 77.1 cm³/mol. The number of nitrogens with one attached hydrogen (secondary N) is 1. The smallest absolute Gasteiger partial charge is 0.0109 e. The lowest BCUT2D eigenvalue weighted by Gasteiger charge is -2.24. The Morgan fingerprint density at radius 2 is 1.22 bits per heavy atom. The van der Waals surface area contributed by atoms with E-state index in [1.165, 1.54) is 78.2 Å². The number of nitrogens with zero attached hydrogens (tertiary/aromatic N) is 3. The van der Waals surface area contributed by atoms with E-state index in [0.717, 1.165) is 6.54 Å². The van der Waals surface area contributed by atoms with Crippen molar-refractivity contribution < 1.29 is 0 Å². The molecule has 2 aliphatic rings. The van der Waals surface area contributed by atoms with Gasteiger partial charge < -0.3 is 20.0 Å². The quantitative estimate of drug-likeness (QED) is 0.671. The lowest BCUT2D eigenvalue weighted by molar-refractivity contribution is 0.233. The van der Waals surface area contributed by atoms with E-state index < -0.39 is 0 Å². The van der Waals surface area contributed by atoms with E-state index in [1.54, 1.807) is 0 Å². The fraction of sp³-hybridized carbons (Fsp3) is 1.00. The Hall–Kier alpha value is -0.160. The first kappa shape index (κ1) is 14.3. The van der Waals surface area contributed by atoms with Gasteiger partial charge >= 0.3 is 0 Å². The van der Waals surface area contributed by atoms with E-state index in [2.05, 4.69) is 27.1 Å². The topological polar surface area (TPSA) is 21.8 Å². The minimum atomic E-state index is 1.14. The molecule has 18 heavy (non-hydrogen) atoms. The van der Waals surface area contributed by atoms with Crippen molar-refractivity contribution in [2.24, 2.45) is 0 Å². The fourth-order valence-corrected chi connectivity index (χ4v) is 2.97. The summed E-state index contributed by atoms with van der Waals surface area (Å²) in [4.78, 5) is 7.78. The highest BCUT2D eigenvalue weighted by Crippen LogP contribution is 2.05. The van der Waals surface area contributed by atoms with Crippen LogP contribution in [0.2, 0.25) is 0 Å². The van der Waals surface area contributed by atoms with Crippen LogP contribution in [0.5, 0.6) is 0 Å². The van der Waals surface area contributed by atoms with Gasteiger partial charge in [-0.05, 0) is 65.6 Å². The lowest BCUT2D eigenvalue weighted by Crippen LogP contribution is -2.36. The van der Waals surface area contributed by atoms with Gasteiger partial charge in [0.1, 0.15) is 0 Å². The van der Waals surface area contributed by atoms with Crippen molar-refractivity contribution in [1.82, 2.24) is 20.0 Å². The highest BCUT2D eigenvalue weighted by atomic mass is 15.2. The van der Waals surface area contributed by atoms with Crippen LogP contribution in [-0.4, -0.2) is 87.2 Å². The van der Waals surface area contributed by atoms with Crippen LogP contribution in [0.25, 0.3) is 0 Å². The van der Waals surface area contributed by atoms with Crippen molar-refractivity contribution in [3.8, 4) is 0 Å². The molecule has 2 atom stereocenters. The minimum absolute atomic E-state index is 1.14. The molecule has 1 N–H and O–H groups in total. The van der Waals surface area contributed by atoms with Gasteiger partial charge in [0, 0.05) is 26.2 Å². The molecule has 2 unspecified atom stereocenters. The summed E-state index contributed by atoms with van der Waals surface area (Å²) >= 11 is 0.